The van der Waals surface area contributed by atoms with Crippen LogP contribution in [-0.4, -0.2) is 62.9 Å². The molecule has 140 valence electrons. The summed E-state index contributed by atoms with van der Waals surface area (Å²) in [4.78, 5) is 24.1. The van der Waals surface area contributed by atoms with E-state index in [0.29, 0.717) is 30.2 Å². The second-order valence-corrected chi connectivity index (χ2v) is 6.22. The number of hydrogen-bond acceptors (Lipinski definition) is 7. The maximum atomic E-state index is 12.5. The molecule has 0 spiro atoms. The first-order chi connectivity index (χ1) is 12.7. The molecule has 4 unspecified atom stereocenters. The van der Waals surface area contributed by atoms with Gasteiger partial charge in [0.05, 0.1) is 19.3 Å². The van der Waals surface area contributed by atoms with Gasteiger partial charge in [-0.1, -0.05) is 0 Å². The average molecular weight is 364 g/mol. The summed E-state index contributed by atoms with van der Waals surface area (Å²) in [6.45, 7) is 2.98. The molecule has 4 rings (SSSR count). The summed E-state index contributed by atoms with van der Waals surface area (Å²) in [7, 11) is 0. The van der Waals surface area contributed by atoms with Crippen LogP contribution in [0.3, 0.4) is 0 Å². The van der Waals surface area contributed by atoms with Gasteiger partial charge in [0.1, 0.15) is 12.2 Å². The second kappa shape index (κ2) is 7.00. The van der Waals surface area contributed by atoms with Gasteiger partial charge in [-0.15, -0.1) is 0 Å². The van der Waals surface area contributed by atoms with E-state index < -0.39 is 12.2 Å². The van der Waals surface area contributed by atoms with Gasteiger partial charge in [-0.3, -0.25) is 4.79 Å². The second-order valence-electron chi connectivity index (χ2n) is 6.22. The summed E-state index contributed by atoms with van der Waals surface area (Å²) in [5, 5.41) is 5.49. The predicted octanol–water partition coefficient (Wildman–Crippen LogP) is 0.426. The molecule has 3 aliphatic rings. The van der Waals surface area contributed by atoms with E-state index in [2.05, 4.69) is 10.6 Å². The monoisotopic (exact) mass is 364 g/mol. The minimum absolute atomic E-state index is 0.154. The molecule has 0 aromatic heterocycles. The Labute approximate surface area is 149 Å². The molecule has 4 atom stereocenters. The van der Waals surface area contributed by atoms with Crippen molar-refractivity contribution < 1.29 is 33.3 Å². The number of rotatable bonds is 4. The molecule has 2 fully saturated rings. The molecule has 26 heavy (non-hydrogen) atoms. The van der Waals surface area contributed by atoms with Gasteiger partial charge in [-0.25, -0.2) is 4.79 Å². The Hall–Kier alpha value is -2.52. The van der Waals surface area contributed by atoms with Crippen LogP contribution in [0.4, 0.5) is 4.79 Å². The fourth-order valence-corrected chi connectivity index (χ4v) is 3.30. The highest BCUT2D eigenvalue weighted by Crippen LogP contribution is 2.33. The molecule has 2 saturated heterocycles. The van der Waals surface area contributed by atoms with E-state index in [1.54, 1.807) is 18.2 Å². The third-order valence-electron chi connectivity index (χ3n) is 4.54. The lowest BCUT2D eigenvalue weighted by molar-refractivity contribution is 0.00408. The van der Waals surface area contributed by atoms with Crippen LogP contribution in [0.15, 0.2) is 18.2 Å². The van der Waals surface area contributed by atoms with Gasteiger partial charge in [0.25, 0.3) is 5.91 Å². The van der Waals surface area contributed by atoms with Gasteiger partial charge < -0.3 is 34.3 Å². The van der Waals surface area contributed by atoms with E-state index in [4.69, 9.17) is 23.7 Å². The third kappa shape index (κ3) is 3.15. The summed E-state index contributed by atoms with van der Waals surface area (Å²) >= 11 is 0. The van der Waals surface area contributed by atoms with Crippen LogP contribution >= 0.6 is 0 Å². The van der Waals surface area contributed by atoms with Gasteiger partial charge in [-0.05, 0) is 25.1 Å². The molecule has 3 aliphatic heterocycles. The number of benzene rings is 1. The highest BCUT2D eigenvalue weighted by molar-refractivity contribution is 5.95. The Morgan fingerprint density at radius 3 is 2.81 bits per heavy atom. The summed E-state index contributed by atoms with van der Waals surface area (Å²) in [5.74, 6) is 0.912. The van der Waals surface area contributed by atoms with Crippen molar-refractivity contribution in [2.24, 2.45) is 0 Å². The molecule has 0 radical (unpaired) electrons. The summed E-state index contributed by atoms with van der Waals surface area (Å²) < 4.78 is 27.3. The summed E-state index contributed by atoms with van der Waals surface area (Å²) in [6, 6.07) is 4.70. The summed E-state index contributed by atoms with van der Waals surface area (Å²) in [6.07, 6.45) is -1.73. The van der Waals surface area contributed by atoms with Crippen molar-refractivity contribution in [1.82, 2.24) is 10.6 Å². The van der Waals surface area contributed by atoms with E-state index in [-0.39, 0.29) is 37.6 Å². The number of ether oxygens (including phenoxy) is 5. The molecule has 0 aliphatic carbocycles. The number of alkyl carbamates (subject to hydrolysis) is 1. The van der Waals surface area contributed by atoms with Crippen molar-refractivity contribution in [3.63, 3.8) is 0 Å². The molecule has 0 saturated carbocycles. The van der Waals surface area contributed by atoms with Crippen molar-refractivity contribution in [2.75, 3.05) is 26.6 Å². The smallest absolute Gasteiger partial charge is 0.407 e. The number of hydrogen-bond donors (Lipinski definition) is 2. The first-order valence-electron chi connectivity index (χ1n) is 8.54. The van der Waals surface area contributed by atoms with Crippen LogP contribution in [0.5, 0.6) is 11.5 Å². The van der Waals surface area contributed by atoms with E-state index in [9.17, 15) is 9.59 Å². The Kier molecular flexibility index (Phi) is 4.56. The van der Waals surface area contributed by atoms with Crippen molar-refractivity contribution >= 4 is 12.0 Å². The number of nitrogens with one attached hydrogen (secondary N) is 2. The lowest BCUT2D eigenvalue weighted by Crippen LogP contribution is -2.44. The van der Waals surface area contributed by atoms with Crippen molar-refractivity contribution in [3.05, 3.63) is 23.8 Å². The van der Waals surface area contributed by atoms with Gasteiger partial charge in [0.15, 0.2) is 17.6 Å². The van der Waals surface area contributed by atoms with E-state index in [1.807, 2.05) is 6.92 Å². The Bertz CT molecular complexity index is 710. The molecule has 3 heterocycles. The van der Waals surface area contributed by atoms with Gasteiger partial charge >= 0.3 is 6.09 Å². The van der Waals surface area contributed by atoms with Crippen molar-refractivity contribution in [3.8, 4) is 11.5 Å². The zero-order valence-electron chi connectivity index (χ0n) is 14.2. The molecule has 2 N–H and O–H groups in total. The standard InChI is InChI=1S/C17H20N2O7/c1-2-18-17(21)26-13-7-23-14-10(6-22-15(13)14)19-16(20)9-3-4-11-12(5-9)25-8-24-11/h3-5,10,13-15H,2,6-8H2,1H3,(H,18,21)(H,19,20). The Morgan fingerprint density at radius 1 is 1.15 bits per heavy atom. The molecule has 1 aromatic carbocycles. The maximum absolute atomic E-state index is 12.5. The molecular formula is C17H20N2O7. The number of carbonyl (C=O) groups excluding carboxylic acids is 2. The third-order valence-corrected chi connectivity index (χ3v) is 4.54. The predicted molar refractivity (Wildman–Crippen MR) is 87.2 cm³/mol. The van der Waals surface area contributed by atoms with Crippen LogP contribution in [0, 0.1) is 0 Å². The largest absolute Gasteiger partial charge is 0.454 e. The fraction of sp³-hybridized carbons (Fsp3) is 0.529. The van der Waals surface area contributed by atoms with Gasteiger partial charge in [0.2, 0.25) is 6.79 Å². The van der Waals surface area contributed by atoms with Crippen molar-refractivity contribution in [2.45, 2.75) is 31.3 Å². The highest BCUT2D eigenvalue weighted by atomic mass is 16.7. The maximum Gasteiger partial charge on any atom is 0.407 e. The quantitative estimate of drug-likeness (QED) is 0.798. The molecule has 9 nitrogen and oxygen atoms in total. The lowest BCUT2D eigenvalue weighted by Gasteiger charge is -2.18. The van der Waals surface area contributed by atoms with Gasteiger partial charge in [0, 0.05) is 12.1 Å². The molecule has 9 heteroatoms. The average Bonchev–Trinajstić information content (AvgIpc) is 3.33. The summed E-state index contributed by atoms with van der Waals surface area (Å²) in [5.41, 5.74) is 0.464. The normalized spacial score (nSPS) is 28.5. The highest BCUT2D eigenvalue weighted by Gasteiger charge is 2.50. The number of fused-ring (bicyclic) bond motifs is 2. The molecule has 0 bridgehead atoms. The molecule has 2 amide bonds. The number of carbonyl (C=O) groups is 2. The van der Waals surface area contributed by atoms with Crippen LogP contribution < -0.4 is 20.1 Å². The zero-order valence-corrected chi connectivity index (χ0v) is 14.2. The van der Waals surface area contributed by atoms with Crippen LogP contribution in [0.25, 0.3) is 0 Å². The number of amides is 2. The van der Waals surface area contributed by atoms with Crippen LogP contribution in [0.1, 0.15) is 17.3 Å². The SMILES string of the molecule is CCNC(=O)OC1COC2C(NC(=O)c3ccc4c(c3)OCO4)COC12. The van der Waals surface area contributed by atoms with E-state index in [1.165, 1.54) is 0 Å². The minimum Gasteiger partial charge on any atom is -0.454 e. The lowest BCUT2D eigenvalue weighted by atomic mass is 10.1. The first kappa shape index (κ1) is 16.9. The molecule has 1 aromatic rings. The van der Waals surface area contributed by atoms with Crippen LogP contribution in [0.2, 0.25) is 0 Å². The van der Waals surface area contributed by atoms with E-state index in [0.717, 1.165) is 0 Å². The first-order valence-corrected chi connectivity index (χ1v) is 8.54. The van der Waals surface area contributed by atoms with Gasteiger partial charge in [-0.2, -0.15) is 0 Å². The fourth-order valence-electron chi connectivity index (χ4n) is 3.30. The molecular weight excluding hydrogens is 344 g/mol. The van der Waals surface area contributed by atoms with E-state index >= 15 is 0 Å². The zero-order chi connectivity index (χ0) is 18.1. The Balaban J connectivity index is 1.36. The van der Waals surface area contributed by atoms with Crippen LogP contribution in [-0.2, 0) is 14.2 Å². The topological polar surface area (TPSA) is 104 Å². The minimum atomic E-state index is -0.502. The Morgan fingerprint density at radius 2 is 1.96 bits per heavy atom. The van der Waals surface area contributed by atoms with Crippen molar-refractivity contribution in [1.29, 1.82) is 0 Å².